The van der Waals surface area contributed by atoms with E-state index in [1.807, 2.05) is 0 Å². The van der Waals surface area contributed by atoms with E-state index in [1.165, 1.54) is 18.5 Å². The molecule has 1 aromatic rings. The number of hydrogen-bond donors (Lipinski definition) is 2. The number of aliphatic carboxylic acids is 1. The Morgan fingerprint density at radius 3 is 2.71 bits per heavy atom. The van der Waals surface area contributed by atoms with Crippen LogP contribution in [0.3, 0.4) is 0 Å². The van der Waals surface area contributed by atoms with E-state index in [-0.39, 0.29) is 11.9 Å². The van der Waals surface area contributed by atoms with Crippen molar-refractivity contribution in [1.82, 2.24) is 10.3 Å². The predicted octanol–water partition coefficient (Wildman–Crippen LogP) is 2.49. The number of pyridine rings is 1. The summed E-state index contributed by atoms with van der Waals surface area (Å²) < 4.78 is 0. The maximum absolute atomic E-state index is 12.3. The molecule has 0 unspecified atom stereocenters. The number of hydrogen-bond acceptors (Lipinski definition) is 3. The fourth-order valence-corrected chi connectivity index (χ4v) is 2.57. The summed E-state index contributed by atoms with van der Waals surface area (Å²) in [5.74, 6) is -0.485. The molecule has 5 nitrogen and oxygen atoms in total. The molecule has 1 heterocycles. The Bertz CT molecular complexity index is 546. The van der Waals surface area contributed by atoms with Crippen LogP contribution in [0, 0.1) is 5.92 Å². The molecule has 2 rings (SSSR count). The van der Waals surface area contributed by atoms with Gasteiger partial charge in [-0.25, -0.2) is 4.79 Å². The van der Waals surface area contributed by atoms with E-state index < -0.39 is 5.97 Å². The predicted molar refractivity (Wildman–Crippen MR) is 79.8 cm³/mol. The molecule has 1 aliphatic rings. The van der Waals surface area contributed by atoms with Crippen molar-refractivity contribution in [2.45, 2.75) is 38.6 Å². The second-order valence-corrected chi connectivity index (χ2v) is 5.56. The van der Waals surface area contributed by atoms with Gasteiger partial charge in [-0.3, -0.25) is 9.78 Å². The largest absolute Gasteiger partial charge is 0.478 e. The molecule has 0 atom stereocenters. The summed E-state index contributed by atoms with van der Waals surface area (Å²) in [5, 5.41) is 11.7. The average molecular weight is 288 g/mol. The fraction of sp³-hybridized carbons (Fsp3) is 0.438. The van der Waals surface area contributed by atoms with Gasteiger partial charge in [-0.2, -0.15) is 0 Å². The molecule has 1 saturated carbocycles. The van der Waals surface area contributed by atoms with E-state index >= 15 is 0 Å². The van der Waals surface area contributed by atoms with Crippen LogP contribution in [-0.2, 0) is 4.79 Å². The first-order chi connectivity index (χ1) is 10.1. The van der Waals surface area contributed by atoms with Crippen LogP contribution in [0.5, 0.6) is 0 Å². The van der Waals surface area contributed by atoms with Crippen molar-refractivity contribution < 1.29 is 14.7 Å². The molecule has 112 valence electrons. The van der Waals surface area contributed by atoms with E-state index in [4.69, 9.17) is 5.11 Å². The zero-order valence-corrected chi connectivity index (χ0v) is 12.1. The van der Waals surface area contributed by atoms with Gasteiger partial charge >= 0.3 is 5.97 Å². The molecule has 0 radical (unpaired) electrons. The number of rotatable bonds is 4. The monoisotopic (exact) mass is 288 g/mol. The molecule has 0 aliphatic heterocycles. The maximum atomic E-state index is 12.3. The van der Waals surface area contributed by atoms with Crippen molar-refractivity contribution in [3.8, 4) is 0 Å². The van der Waals surface area contributed by atoms with Gasteiger partial charge in [0.05, 0.1) is 0 Å². The standard InChI is InChI=1S/C16H20N2O3/c1-11-2-5-13(6-3-11)18-16(21)14-8-9-17-10-12(14)4-7-15(19)20/h4,7-11,13H,2-3,5-6H2,1H3,(H,18,21)(H,19,20). The Morgan fingerprint density at radius 2 is 2.05 bits per heavy atom. The highest BCUT2D eigenvalue weighted by Crippen LogP contribution is 2.23. The second kappa shape index (κ2) is 7.02. The van der Waals surface area contributed by atoms with Crippen molar-refractivity contribution in [2.24, 2.45) is 5.92 Å². The highest BCUT2D eigenvalue weighted by atomic mass is 16.4. The summed E-state index contributed by atoms with van der Waals surface area (Å²) in [6.45, 7) is 2.23. The smallest absolute Gasteiger partial charge is 0.328 e. The maximum Gasteiger partial charge on any atom is 0.328 e. The van der Waals surface area contributed by atoms with Crippen molar-refractivity contribution in [1.29, 1.82) is 0 Å². The zero-order valence-electron chi connectivity index (χ0n) is 12.1. The van der Waals surface area contributed by atoms with E-state index in [0.29, 0.717) is 11.1 Å². The lowest BCUT2D eigenvalue weighted by molar-refractivity contribution is -0.131. The number of aromatic nitrogens is 1. The Labute approximate surface area is 124 Å². The molecule has 2 N–H and O–H groups in total. The van der Waals surface area contributed by atoms with Crippen LogP contribution >= 0.6 is 0 Å². The summed E-state index contributed by atoms with van der Waals surface area (Å²) in [5.41, 5.74) is 0.975. The third kappa shape index (κ3) is 4.41. The molecular weight excluding hydrogens is 268 g/mol. The molecule has 1 aliphatic carbocycles. The highest BCUT2D eigenvalue weighted by molar-refractivity contribution is 5.98. The number of carboxylic acid groups (broad SMARTS) is 1. The van der Waals surface area contributed by atoms with Gasteiger partial charge in [0.15, 0.2) is 0 Å². The normalized spacial score (nSPS) is 22.1. The number of nitrogens with one attached hydrogen (secondary N) is 1. The van der Waals surface area contributed by atoms with Crippen molar-refractivity contribution >= 4 is 18.0 Å². The van der Waals surface area contributed by atoms with Gasteiger partial charge in [0, 0.05) is 35.6 Å². The average Bonchev–Trinajstić information content (AvgIpc) is 2.47. The Morgan fingerprint density at radius 1 is 1.33 bits per heavy atom. The second-order valence-electron chi connectivity index (χ2n) is 5.56. The molecular formula is C16H20N2O3. The minimum Gasteiger partial charge on any atom is -0.478 e. The lowest BCUT2D eigenvalue weighted by Gasteiger charge is -2.27. The van der Waals surface area contributed by atoms with Gasteiger partial charge in [0.1, 0.15) is 0 Å². The molecule has 21 heavy (non-hydrogen) atoms. The van der Waals surface area contributed by atoms with Crippen LogP contribution < -0.4 is 5.32 Å². The Kier molecular flexibility index (Phi) is 5.09. The summed E-state index contributed by atoms with van der Waals surface area (Å²) in [4.78, 5) is 26.9. The van der Waals surface area contributed by atoms with Gasteiger partial charge in [0.2, 0.25) is 0 Å². The van der Waals surface area contributed by atoms with E-state index in [2.05, 4.69) is 17.2 Å². The topological polar surface area (TPSA) is 79.3 Å². The van der Waals surface area contributed by atoms with Crippen molar-refractivity contribution in [3.63, 3.8) is 0 Å². The Balaban J connectivity index is 2.07. The number of nitrogens with zero attached hydrogens (tertiary/aromatic N) is 1. The number of carbonyl (C=O) groups is 2. The summed E-state index contributed by atoms with van der Waals surface area (Å²) >= 11 is 0. The number of carbonyl (C=O) groups excluding carboxylic acids is 1. The van der Waals surface area contributed by atoms with Crippen LogP contribution in [0.1, 0.15) is 48.5 Å². The first kappa shape index (κ1) is 15.2. The van der Waals surface area contributed by atoms with Crippen LogP contribution in [0.15, 0.2) is 24.5 Å². The molecule has 0 aromatic carbocycles. The molecule has 1 amide bonds. The molecule has 1 aromatic heterocycles. The van der Waals surface area contributed by atoms with Crippen LogP contribution in [-0.4, -0.2) is 28.0 Å². The van der Waals surface area contributed by atoms with E-state index in [1.54, 1.807) is 6.07 Å². The molecule has 0 spiro atoms. The van der Waals surface area contributed by atoms with Gasteiger partial charge in [-0.1, -0.05) is 6.92 Å². The molecule has 0 bridgehead atoms. The molecule has 5 heteroatoms. The SMILES string of the molecule is CC1CCC(NC(=O)c2ccncc2C=CC(=O)O)CC1. The fourth-order valence-electron chi connectivity index (χ4n) is 2.57. The van der Waals surface area contributed by atoms with Gasteiger partial charge < -0.3 is 10.4 Å². The minimum absolute atomic E-state index is 0.165. The Hall–Kier alpha value is -2.17. The van der Waals surface area contributed by atoms with Crippen molar-refractivity contribution in [3.05, 3.63) is 35.7 Å². The molecule has 1 fully saturated rings. The third-order valence-corrected chi connectivity index (χ3v) is 3.85. The summed E-state index contributed by atoms with van der Waals surface area (Å²) in [7, 11) is 0. The van der Waals surface area contributed by atoms with Crippen LogP contribution in [0.25, 0.3) is 6.08 Å². The van der Waals surface area contributed by atoms with E-state index in [0.717, 1.165) is 37.7 Å². The zero-order chi connectivity index (χ0) is 15.2. The van der Waals surface area contributed by atoms with Crippen LogP contribution in [0.2, 0.25) is 0 Å². The van der Waals surface area contributed by atoms with Crippen LogP contribution in [0.4, 0.5) is 0 Å². The first-order valence-electron chi connectivity index (χ1n) is 7.22. The van der Waals surface area contributed by atoms with Gasteiger partial charge in [-0.15, -0.1) is 0 Å². The lowest BCUT2D eigenvalue weighted by Crippen LogP contribution is -2.37. The first-order valence-corrected chi connectivity index (χ1v) is 7.22. The van der Waals surface area contributed by atoms with Gasteiger partial charge in [0.25, 0.3) is 5.91 Å². The minimum atomic E-state index is -1.05. The summed E-state index contributed by atoms with van der Waals surface area (Å²) in [6.07, 6.45) is 9.70. The highest BCUT2D eigenvalue weighted by Gasteiger charge is 2.21. The van der Waals surface area contributed by atoms with Gasteiger partial charge in [-0.05, 0) is 43.7 Å². The van der Waals surface area contributed by atoms with Crippen molar-refractivity contribution in [2.75, 3.05) is 0 Å². The van der Waals surface area contributed by atoms with E-state index in [9.17, 15) is 9.59 Å². The number of carboxylic acids is 1. The lowest BCUT2D eigenvalue weighted by atomic mass is 9.87. The quantitative estimate of drug-likeness (QED) is 0.834. The summed E-state index contributed by atoms with van der Waals surface area (Å²) in [6, 6.07) is 1.82. The third-order valence-electron chi connectivity index (χ3n) is 3.85. The molecule has 0 saturated heterocycles. The number of amides is 1.